The number of aromatic amines is 1. The molecule has 0 saturated carbocycles. The van der Waals surface area contributed by atoms with Crippen LogP contribution in [0.2, 0.25) is 0 Å². The summed E-state index contributed by atoms with van der Waals surface area (Å²) >= 11 is 0. The van der Waals surface area contributed by atoms with Crippen LogP contribution in [-0.4, -0.2) is 39.4 Å². The summed E-state index contributed by atoms with van der Waals surface area (Å²) in [6, 6.07) is 4.46. The Bertz CT molecular complexity index is 983. The smallest absolute Gasteiger partial charge is 0.270 e. The first-order chi connectivity index (χ1) is 12.0. The molecule has 1 aliphatic heterocycles. The molecule has 0 fully saturated rings. The number of fused-ring (bicyclic) bond motifs is 2. The van der Waals surface area contributed by atoms with Crippen LogP contribution in [0.25, 0.3) is 11.0 Å². The van der Waals surface area contributed by atoms with Gasteiger partial charge in [0.1, 0.15) is 29.0 Å². The summed E-state index contributed by atoms with van der Waals surface area (Å²) in [7, 11) is 1.89. The number of H-pyrrole nitrogens is 1. The van der Waals surface area contributed by atoms with Crippen molar-refractivity contribution < 1.29 is 9.18 Å². The van der Waals surface area contributed by atoms with Crippen molar-refractivity contribution in [2.24, 2.45) is 0 Å². The zero-order valence-electron chi connectivity index (χ0n) is 13.9. The fourth-order valence-corrected chi connectivity index (χ4v) is 3.11. The summed E-state index contributed by atoms with van der Waals surface area (Å²) in [4.78, 5) is 30.4. The van der Waals surface area contributed by atoms with Gasteiger partial charge in [0.2, 0.25) is 0 Å². The van der Waals surface area contributed by atoms with Crippen molar-refractivity contribution in [2.45, 2.75) is 19.9 Å². The van der Waals surface area contributed by atoms with Gasteiger partial charge in [-0.15, -0.1) is 0 Å². The van der Waals surface area contributed by atoms with Gasteiger partial charge in [-0.1, -0.05) is 0 Å². The van der Waals surface area contributed by atoms with Gasteiger partial charge in [-0.25, -0.2) is 19.3 Å². The van der Waals surface area contributed by atoms with Gasteiger partial charge < -0.3 is 15.2 Å². The molecule has 1 amide bonds. The Morgan fingerprint density at radius 3 is 2.96 bits per heavy atom. The molecule has 1 aromatic carbocycles. The van der Waals surface area contributed by atoms with Crippen LogP contribution in [0.5, 0.6) is 0 Å². The Labute approximate surface area is 143 Å². The van der Waals surface area contributed by atoms with E-state index in [1.165, 1.54) is 12.1 Å². The average Bonchev–Trinajstić information content (AvgIpc) is 2.96. The quantitative estimate of drug-likeness (QED) is 0.758. The maximum atomic E-state index is 13.3. The Morgan fingerprint density at radius 2 is 2.12 bits per heavy atom. The first kappa shape index (κ1) is 15.5. The summed E-state index contributed by atoms with van der Waals surface area (Å²) < 4.78 is 13.3. The number of carbonyl (C=O) groups excluding carboxylic acids is 1. The van der Waals surface area contributed by atoms with E-state index in [0.29, 0.717) is 47.9 Å². The first-order valence-corrected chi connectivity index (χ1v) is 8.02. The zero-order chi connectivity index (χ0) is 17.6. The van der Waals surface area contributed by atoms with Gasteiger partial charge in [-0.05, 0) is 31.5 Å². The van der Waals surface area contributed by atoms with Gasteiger partial charge in [0, 0.05) is 19.2 Å². The minimum absolute atomic E-state index is 0.166. The maximum absolute atomic E-state index is 13.3. The second-order valence-electron chi connectivity index (χ2n) is 6.13. The number of imidazole rings is 1. The van der Waals surface area contributed by atoms with E-state index in [9.17, 15) is 9.18 Å². The lowest BCUT2D eigenvalue weighted by Gasteiger charge is -2.24. The van der Waals surface area contributed by atoms with E-state index in [-0.39, 0.29) is 11.7 Å². The molecule has 0 radical (unpaired) electrons. The van der Waals surface area contributed by atoms with Crippen LogP contribution < -0.4 is 10.2 Å². The molecule has 3 heterocycles. The normalized spacial score (nSPS) is 13.6. The number of aryl methyl sites for hydroxylation is 1. The van der Waals surface area contributed by atoms with Gasteiger partial charge >= 0.3 is 0 Å². The molecule has 0 unspecified atom stereocenters. The number of halogens is 1. The maximum Gasteiger partial charge on any atom is 0.270 e. The molecule has 3 aromatic rings. The molecule has 2 N–H and O–H groups in total. The van der Waals surface area contributed by atoms with Gasteiger partial charge in [0.05, 0.1) is 17.6 Å². The first-order valence-electron chi connectivity index (χ1n) is 8.02. The summed E-state index contributed by atoms with van der Waals surface area (Å²) in [6.45, 7) is 2.80. The molecule has 0 saturated heterocycles. The minimum atomic E-state index is -0.303. The molecule has 1 aliphatic rings. The monoisotopic (exact) mass is 340 g/mol. The molecule has 128 valence electrons. The number of benzene rings is 1. The fourth-order valence-electron chi connectivity index (χ4n) is 3.11. The van der Waals surface area contributed by atoms with Gasteiger partial charge in [-0.3, -0.25) is 4.79 Å². The summed E-state index contributed by atoms with van der Waals surface area (Å²) in [5.74, 6) is 1.50. The van der Waals surface area contributed by atoms with E-state index in [4.69, 9.17) is 0 Å². The van der Waals surface area contributed by atoms with Crippen LogP contribution >= 0.6 is 0 Å². The Hall–Kier alpha value is -3.03. The lowest BCUT2D eigenvalue weighted by molar-refractivity contribution is 0.0940. The highest BCUT2D eigenvalue weighted by Gasteiger charge is 2.24. The van der Waals surface area contributed by atoms with E-state index in [2.05, 4.69) is 25.3 Å². The minimum Gasteiger partial charge on any atom is -0.352 e. The van der Waals surface area contributed by atoms with E-state index in [1.807, 2.05) is 11.9 Å². The summed E-state index contributed by atoms with van der Waals surface area (Å²) in [5, 5.41) is 2.80. The predicted molar refractivity (Wildman–Crippen MR) is 91.0 cm³/mol. The van der Waals surface area contributed by atoms with Crippen LogP contribution in [0.15, 0.2) is 18.2 Å². The molecular formula is C17H17FN6O. The molecule has 4 rings (SSSR count). The zero-order valence-corrected chi connectivity index (χ0v) is 13.9. The highest BCUT2D eigenvalue weighted by Crippen LogP contribution is 2.24. The SMILES string of the molecule is Cc1nc2c(c(N(C)Cc3nc4ccc(F)cc4[nH]3)n1)CCNC2=O. The van der Waals surface area contributed by atoms with Crippen molar-refractivity contribution in [2.75, 3.05) is 18.5 Å². The molecule has 2 aromatic heterocycles. The van der Waals surface area contributed by atoms with Gasteiger partial charge in [0.15, 0.2) is 0 Å². The molecule has 0 aliphatic carbocycles. The standard InChI is InChI=1S/C17H17FN6O/c1-9-20-15-11(5-6-19-17(15)25)16(21-9)24(2)8-14-22-12-4-3-10(18)7-13(12)23-14/h3-4,7H,5-6,8H2,1-2H3,(H,19,25)(H,22,23). The highest BCUT2D eigenvalue weighted by molar-refractivity contribution is 5.96. The van der Waals surface area contributed by atoms with E-state index >= 15 is 0 Å². The molecule has 0 bridgehead atoms. The van der Waals surface area contributed by atoms with Crippen molar-refractivity contribution in [3.05, 3.63) is 46.9 Å². The van der Waals surface area contributed by atoms with E-state index < -0.39 is 0 Å². The van der Waals surface area contributed by atoms with Crippen molar-refractivity contribution in [1.29, 1.82) is 0 Å². The number of anilines is 1. The Kier molecular flexibility index (Phi) is 3.60. The van der Waals surface area contributed by atoms with Gasteiger partial charge in [0.25, 0.3) is 5.91 Å². The van der Waals surface area contributed by atoms with Crippen LogP contribution in [0, 0.1) is 12.7 Å². The highest BCUT2D eigenvalue weighted by atomic mass is 19.1. The lowest BCUT2D eigenvalue weighted by Crippen LogP contribution is -2.35. The molecule has 0 spiro atoms. The van der Waals surface area contributed by atoms with Crippen LogP contribution in [0.1, 0.15) is 27.7 Å². The third-order valence-electron chi connectivity index (χ3n) is 4.21. The number of amides is 1. The Balaban J connectivity index is 1.68. The van der Waals surface area contributed by atoms with Crippen LogP contribution in [0.3, 0.4) is 0 Å². The largest absolute Gasteiger partial charge is 0.352 e. The number of rotatable bonds is 3. The van der Waals surface area contributed by atoms with Crippen molar-refractivity contribution in [3.63, 3.8) is 0 Å². The third-order valence-corrected chi connectivity index (χ3v) is 4.21. The van der Waals surface area contributed by atoms with Crippen molar-refractivity contribution in [3.8, 4) is 0 Å². The van der Waals surface area contributed by atoms with Gasteiger partial charge in [-0.2, -0.15) is 0 Å². The number of hydrogen-bond donors (Lipinski definition) is 2. The summed E-state index contributed by atoms with van der Waals surface area (Å²) in [5.41, 5.74) is 2.65. The number of nitrogens with one attached hydrogen (secondary N) is 2. The second-order valence-corrected chi connectivity index (χ2v) is 6.13. The molecular weight excluding hydrogens is 323 g/mol. The third kappa shape index (κ3) is 2.79. The topological polar surface area (TPSA) is 86.8 Å². The fraction of sp³-hybridized carbons (Fsp3) is 0.294. The van der Waals surface area contributed by atoms with Crippen molar-refractivity contribution >= 4 is 22.8 Å². The predicted octanol–water partition coefficient (Wildman–Crippen LogP) is 1.72. The Morgan fingerprint density at radius 1 is 1.28 bits per heavy atom. The number of carbonyl (C=O) groups is 1. The van der Waals surface area contributed by atoms with Crippen LogP contribution in [0.4, 0.5) is 10.2 Å². The number of aromatic nitrogens is 4. The molecule has 7 nitrogen and oxygen atoms in total. The lowest BCUT2D eigenvalue weighted by atomic mass is 10.1. The van der Waals surface area contributed by atoms with Crippen LogP contribution in [-0.2, 0) is 13.0 Å². The molecule has 8 heteroatoms. The average molecular weight is 340 g/mol. The van der Waals surface area contributed by atoms with E-state index in [1.54, 1.807) is 13.0 Å². The second kappa shape index (κ2) is 5.80. The molecule has 0 atom stereocenters. The number of hydrogen-bond acceptors (Lipinski definition) is 5. The number of nitrogens with zero attached hydrogens (tertiary/aromatic N) is 4. The molecule has 25 heavy (non-hydrogen) atoms. The van der Waals surface area contributed by atoms with Crippen molar-refractivity contribution in [1.82, 2.24) is 25.3 Å². The van der Waals surface area contributed by atoms with E-state index in [0.717, 1.165) is 11.4 Å². The summed E-state index contributed by atoms with van der Waals surface area (Å²) in [6.07, 6.45) is 0.687.